The van der Waals surface area contributed by atoms with Crippen LogP contribution in [-0.2, 0) is 14.3 Å². The average Bonchev–Trinajstić information content (AvgIpc) is 2.68. The predicted octanol–water partition coefficient (Wildman–Crippen LogP) is 2.53. The van der Waals surface area contributed by atoms with Gasteiger partial charge in [0, 0.05) is 6.42 Å². The van der Waals surface area contributed by atoms with Crippen LogP contribution in [0.1, 0.15) is 46.5 Å². The van der Waals surface area contributed by atoms with Crippen molar-refractivity contribution in [3.05, 3.63) is 0 Å². The topological polar surface area (TPSA) is 35.5 Å². The van der Waals surface area contributed by atoms with Gasteiger partial charge < -0.3 is 9.47 Å². The van der Waals surface area contributed by atoms with Crippen LogP contribution < -0.4 is 0 Å². The van der Waals surface area contributed by atoms with Gasteiger partial charge in [-0.3, -0.25) is 4.79 Å². The summed E-state index contributed by atoms with van der Waals surface area (Å²) < 4.78 is 10.8. The van der Waals surface area contributed by atoms with Gasteiger partial charge in [0.2, 0.25) is 0 Å². The monoisotopic (exact) mass is 226 g/mol. The molecule has 2 aliphatic rings. The summed E-state index contributed by atoms with van der Waals surface area (Å²) in [6.45, 7) is 6.73. The Morgan fingerprint density at radius 1 is 1.44 bits per heavy atom. The van der Waals surface area contributed by atoms with Crippen LogP contribution >= 0.6 is 0 Å². The number of rotatable bonds is 3. The Kier molecular flexibility index (Phi) is 2.77. The van der Waals surface area contributed by atoms with E-state index in [1.807, 2.05) is 0 Å². The van der Waals surface area contributed by atoms with E-state index in [0.717, 1.165) is 19.3 Å². The van der Waals surface area contributed by atoms with E-state index in [4.69, 9.17) is 9.47 Å². The number of hydrogen-bond acceptors (Lipinski definition) is 3. The third-order valence-electron chi connectivity index (χ3n) is 4.64. The first-order valence-electron chi connectivity index (χ1n) is 6.15. The molecule has 0 aliphatic carbocycles. The van der Waals surface area contributed by atoms with Crippen molar-refractivity contribution in [1.29, 1.82) is 0 Å². The fourth-order valence-corrected chi connectivity index (χ4v) is 3.69. The maximum absolute atomic E-state index is 11.2. The molecular formula is C13H22O3. The molecule has 0 saturated carbocycles. The summed E-state index contributed by atoms with van der Waals surface area (Å²) in [4.78, 5) is 11.2. The number of fused-ring (bicyclic) bond motifs is 2. The maximum atomic E-state index is 11.2. The first-order chi connectivity index (χ1) is 7.40. The van der Waals surface area contributed by atoms with Crippen LogP contribution in [0.25, 0.3) is 0 Å². The first-order valence-corrected chi connectivity index (χ1v) is 6.15. The van der Waals surface area contributed by atoms with Crippen LogP contribution in [0.5, 0.6) is 0 Å². The van der Waals surface area contributed by atoms with Gasteiger partial charge in [-0.05, 0) is 37.5 Å². The number of carbonyl (C=O) groups excluding carboxylic acids is 1. The molecule has 0 aromatic heterocycles. The standard InChI is InChI=1S/C13H22O3/c1-12(2)9(5-6-11(14)15-4)13(3)8-7-10(12)16-13/h9-10H,5-8H2,1-4H3/t9-,10-,13+/m0/s1. The molecule has 0 aromatic rings. The fraction of sp³-hybridized carbons (Fsp3) is 0.923. The first kappa shape index (κ1) is 11.9. The highest BCUT2D eigenvalue weighted by Gasteiger charge is 2.60. The molecule has 2 fully saturated rings. The van der Waals surface area contributed by atoms with Crippen molar-refractivity contribution in [2.75, 3.05) is 7.11 Å². The predicted molar refractivity (Wildman–Crippen MR) is 61.0 cm³/mol. The molecule has 3 nitrogen and oxygen atoms in total. The van der Waals surface area contributed by atoms with E-state index in [2.05, 4.69) is 20.8 Å². The summed E-state index contributed by atoms with van der Waals surface area (Å²) in [6.07, 6.45) is 4.06. The van der Waals surface area contributed by atoms with Crippen LogP contribution in [0, 0.1) is 11.3 Å². The molecule has 0 aromatic carbocycles. The summed E-state index contributed by atoms with van der Waals surface area (Å²) in [7, 11) is 1.45. The van der Waals surface area contributed by atoms with Gasteiger partial charge in [0.1, 0.15) is 0 Å². The Balaban J connectivity index is 2.05. The number of ether oxygens (including phenoxy) is 2. The van der Waals surface area contributed by atoms with Gasteiger partial charge in [0.25, 0.3) is 0 Å². The van der Waals surface area contributed by atoms with Crippen LogP contribution in [0.15, 0.2) is 0 Å². The van der Waals surface area contributed by atoms with Crippen LogP contribution in [-0.4, -0.2) is 24.8 Å². The molecule has 2 saturated heterocycles. The number of methoxy groups -OCH3 is 1. The lowest BCUT2D eigenvalue weighted by Gasteiger charge is -2.39. The Morgan fingerprint density at radius 3 is 2.62 bits per heavy atom. The Labute approximate surface area is 97.5 Å². The van der Waals surface area contributed by atoms with E-state index in [9.17, 15) is 4.79 Å². The quantitative estimate of drug-likeness (QED) is 0.694. The third-order valence-corrected chi connectivity index (χ3v) is 4.64. The maximum Gasteiger partial charge on any atom is 0.305 e. The molecule has 2 rings (SSSR count). The third kappa shape index (κ3) is 1.65. The van der Waals surface area contributed by atoms with Gasteiger partial charge in [0.05, 0.1) is 18.8 Å². The summed E-state index contributed by atoms with van der Waals surface area (Å²) in [5.41, 5.74) is 0.184. The Morgan fingerprint density at radius 2 is 2.12 bits per heavy atom. The van der Waals surface area contributed by atoms with Crippen molar-refractivity contribution in [3.63, 3.8) is 0 Å². The van der Waals surface area contributed by atoms with Gasteiger partial charge in [-0.15, -0.1) is 0 Å². The second-order valence-corrected chi connectivity index (χ2v) is 5.95. The molecule has 2 aliphatic heterocycles. The molecule has 16 heavy (non-hydrogen) atoms. The second-order valence-electron chi connectivity index (χ2n) is 5.95. The zero-order valence-corrected chi connectivity index (χ0v) is 10.7. The average molecular weight is 226 g/mol. The van der Waals surface area contributed by atoms with Gasteiger partial charge in [-0.1, -0.05) is 13.8 Å². The lowest BCUT2D eigenvalue weighted by Crippen LogP contribution is -2.40. The SMILES string of the molecule is COC(=O)CC[C@H]1C(C)(C)[C@@H]2CC[C@@]1(C)O2. The number of carbonyl (C=O) groups is 1. The molecule has 0 unspecified atom stereocenters. The van der Waals surface area contributed by atoms with Crippen LogP contribution in [0.4, 0.5) is 0 Å². The lowest BCUT2D eigenvalue weighted by atomic mass is 9.62. The fourth-order valence-electron chi connectivity index (χ4n) is 3.69. The molecule has 2 heterocycles. The minimum Gasteiger partial charge on any atom is -0.469 e. The number of hydrogen-bond donors (Lipinski definition) is 0. The zero-order chi connectivity index (χ0) is 12.0. The molecule has 3 atom stereocenters. The Bertz CT molecular complexity index is 293. The van der Waals surface area contributed by atoms with E-state index in [-0.39, 0.29) is 17.0 Å². The van der Waals surface area contributed by atoms with Gasteiger partial charge in [0.15, 0.2) is 0 Å². The molecule has 0 N–H and O–H groups in total. The minimum atomic E-state index is -0.109. The van der Waals surface area contributed by atoms with Crippen LogP contribution in [0.3, 0.4) is 0 Å². The molecule has 0 radical (unpaired) electrons. The van der Waals surface area contributed by atoms with E-state index in [1.54, 1.807) is 0 Å². The molecule has 3 heteroatoms. The zero-order valence-electron chi connectivity index (χ0n) is 10.7. The van der Waals surface area contributed by atoms with Gasteiger partial charge in [-0.2, -0.15) is 0 Å². The van der Waals surface area contributed by atoms with Crippen molar-refractivity contribution in [2.45, 2.75) is 58.2 Å². The van der Waals surface area contributed by atoms with Crippen LogP contribution in [0.2, 0.25) is 0 Å². The van der Waals surface area contributed by atoms with Crippen molar-refractivity contribution < 1.29 is 14.3 Å². The van der Waals surface area contributed by atoms with E-state index >= 15 is 0 Å². The largest absolute Gasteiger partial charge is 0.469 e. The lowest BCUT2D eigenvalue weighted by molar-refractivity contribution is -0.141. The van der Waals surface area contributed by atoms with E-state index in [1.165, 1.54) is 7.11 Å². The van der Waals surface area contributed by atoms with Crippen molar-refractivity contribution in [3.8, 4) is 0 Å². The molecule has 0 spiro atoms. The van der Waals surface area contributed by atoms with E-state index < -0.39 is 0 Å². The Hall–Kier alpha value is -0.570. The van der Waals surface area contributed by atoms with Gasteiger partial charge >= 0.3 is 5.97 Å². The normalized spacial score (nSPS) is 40.0. The van der Waals surface area contributed by atoms with Crippen molar-refractivity contribution in [2.24, 2.45) is 11.3 Å². The summed E-state index contributed by atoms with van der Waals surface area (Å²) in [5, 5.41) is 0. The summed E-state index contributed by atoms with van der Waals surface area (Å²) in [5.74, 6) is 0.361. The summed E-state index contributed by atoms with van der Waals surface area (Å²) in [6, 6.07) is 0. The second kappa shape index (κ2) is 3.73. The van der Waals surface area contributed by atoms with Gasteiger partial charge in [-0.25, -0.2) is 0 Å². The molecular weight excluding hydrogens is 204 g/mol. The molecule has 92 valence electrons. The molecule has 2 bridgehead atoms. The smallest absolute Gasteiger partial charge is 0.305 e. The molecule has 0 amide bonds. The minimum absolute atomic E-state index is 0.0117. The van der Waals surface area contributed by atoms with Crippen molar-refractivity contribution in [1.82, 2.24) is 0 Å². The highest BCUT2D eigenvalue weighted by molar-refractivity contribution is 5.69. The highest BCUT2D eigenvalue weighted by atomic mass is 16.5. The number of esters is 1. The summed E-state index contributed by atoms with van der Waals surface area (Å²) >= 11 is 0. The van der Waals surface area contributed by atoms with Crippen molar-refractivity contribution >= 4 is 5.97 Å². The van der Waals surface area contributed by atoms with E-state index in [0.29, 0.717) is 18.4 Å². The highest BCUT2D eigenvalue weighted by Crippen LogP contribution is 2.58.